The summed E-state index contributed by atoms with van der Waals surface area (Å²) in [5.74, 6) is -0.0559. The molecular formula is C14H15F4NS. The Kier molecular flexibility index (Phi) is 3.49. The van der Waals surface area contributed by atoms with Crippen molar-refractivity contribution in [2.75, 3.05) is 13.1 Å². The van der Waals surface area contributed by atoms with Crippen LogP contribution in [0.1, 0.15) is 18.4 Å². The van der Waals surface area contributed by atoms with Crippen molar-refractivity contribution in [2.45, 2.75) is 29.7 Å². The summed E-state index contributed by atoms with van der Waals surface area (Å²) in [6.45, 7) is 2.10. The van der Waals surface area contributed by atoms with Gasteiger partial charge in [0.2, 0.25) is 0 Å². The van der Waals surface area contributed by atoms with Crippen LogP contribution in [0.2, 0.25) is 0 Å². The Morgan fingerprint density at radius 2 is 1.95 bits per heavy atom. The van der Waals surface area contributed by atoms with Crippen LogP contribution in [0.15, 0.2) is 23.1 Å². The van der Waals surface area contributed by atoms with E-state index in [1.165, 1.54) is 12.1 Å². The molecule has 3 rings (SSSR count). The number of benzene rings is 1. The van der Waals surface area contributed by atoms with Gasteiger partial charge in [-0.25, -0.2) is 4.39 Å². The minimum Gasteiger partial charge on any atom is -0.316 e. The van der Waals surface area contributed by atoms with Crippen molar-refractivity contribution in [3.8, 4) is 0 Å². The zero-order valence-electron chi connectivity index (χ0n) is 10.8. The highest BCUT2D eigenvalue weighted by Crippen LogP contribution is 2.49. The van der Waals surface area contributed by atoms with Gasteiger partial charge in [0.15, 0.2) is 0 Å². The zero-order chi connectivity index (χ0) is 14.4. The van der Waals surface area contributed by atoms with Gasteiger partial charge in [-0.05, 0) is 60.1 Å². The van der Waals surface area contributed by atoms with E-state index in [0.29, 0.717) is 23.3 Å². The van der Waals surface area contributed by atoms with Gasteiger partial charge in [0, 0.05) is 18.0 Å². The Bertz CT molecular complexity index is 502. The van der Waals surface area contributed by atoms with Crippen LogP contribution in [-0.4, -0.2) is 18.6 Å². The minimum atomic E-state index is -4.37. The fourth-order valence-electron chi connectivity index (χ4n) is 3.28. The molecule has 1 saturated carbocycles. The number of nitrogens with one attached hydrogen (secondary N) is 1. The molecule has 0 aromatic heterocycles. The van der Waals surface area contributed by atoms with E-state index in [4.69, 9.17) is 0 Å². The van der Waals surface area contributed by atoms with E-state index >= 15 is 0 Å². The summed E-state index contributed by atoms with van der Waals surface area (Å²) in [5.41, 5.74) is -3.40. The van der Waals surface area contributed by atoms with Gasteiger partial charge >= 0.3 is 5.51 Å². The Labute approximate surface area is 119 Å². The van der Waals surface area contributed by atoms with E-state index < -0.39 is 11.3 Å². The number of halogens is 4. The van der Waals surface area contributed by atoms with Crippen molar-refractivity contribution in [2.24, 2.45) is 11.3 Å². The van der Waals surface area contributed by atoms with Crippen LogP contribution in [-0.2, 0) is 6.42 Å². The predicted molar refractivity (Wildman–Crippen MR) is 70.0 cm³/mol. The number of alkyl halides is 3. The van der Waals surface area contributed by atoms with E-state index in [9.17, 15) is 17.6 Å². The highest BCUT2D eigenvalue weighted by molar-refractivity contribution is 8.00. The summed E-state index contributed by atoms with van der Waals surface area (Å²) in [4.78, 5) is -0.0907. The molecule has 1 heterocycles. The van der Waals surface area contributed by atoms with Crippen LogP contribution in [0.4, 0.5) is 17.6 Å². The lowest BCUT2D eigenvalue weighted by Crippen LogP contribution is -2.60. The van der Waals surface area contributed by atoms with E-state index in [1.54, 1.807) is 0 Å². The average Bonchev–Trinajstić information content (AvgIpc) is 2.20. The third-order valence-electron chi connectivity index (χ3n) is 4.21. The Morgan fingerprint density at radius 3 is 2.45 bits per heavy atom. The molecule has 110 valence electrons. The second kappa shape index (κ2) is 4.91. The standard InChI is InChI=1S/C14H15F4NS/c15-12-4-11(20-14(16,17)18)2-1-10(12)3-9-5-13(6-9)7-19-8-13/h1-2,4,9,19H,3,5-8H2. The minimum absolute atomic E-state index is 0.0907. The smallest absolute Gasteiger partial charge is 0.316 e. The van der Waals surface area contributed by atoms with Crippen molar-refractivity contribution >= 4 is 11.8 Å². The van der Waals surface area contributed by atoms with Gasteiger partial charge < -0.3 is 5.32 Å². The third kappa shape index (κ3) is 2.96. The molecule has 1 N–H and O–H groups in total. The van der Waals surface area contributed by atoms with Crippen LogP contribution in [0.3, 0.4) is 0 Å². The monoisotopic (exact) mass is 305 g/mol. The number of rotatable bonds is 3. The lowest BCUT2D eigenvalue weighted by molar-refractivity contribution is -0.0328. The van der Waals surface area contributed by atoms with E-state index in [-0.39, 0.29) is 16.7 Å². The second-order valence-electron chi connectivity index (χ2n) is 5.88. The third-order valence-corrected chi connectivity index (χ3v) is 4.93. The summed E-state index contributed by atoms with van der Waals surface area (Å²) in [5, 5.41) is 3.25. The number of hydrogen-bond donors (Lipinski definition) is 1. The number of hydrogen-bond acceptors (Lipinski definition) is 2. The number of thioether (sulfide) groups is 1. The molecule has 1 aromatic rings. The van der Waals surface area contributed by atoms with Crippen molar-refractivity contribution in [1.29, 1.82) is 0 Å². The molecule has 6 heteroatoms. The van der Waals surface area contributed by atoms with E-state index in [2.05, 4.69) is 5.32 Å². The van der Waals surface area contributed by atoms with Crippen LogP contribution < -0.4 is 5.32 Å². The topological polar surface area (TPSA) is 12.0 Å². The molecule has 20 heavy (non-hydrogen) atoms. The summed E-state index contributed by atoms with van der Waals surface area (Å²) < 4.78 is 50.5. The molecule has 0 unspecified atom stereocenters. The molecule has 1 aliphatic heterocycles. The van der Waals surface area contributed by atoms with Crippen LogP contribution >= 0.6 is 11.8 Å². The van der Waals surface area contributed by atoms with Gasteiger partial charge in [-0.3, -0.25) is 0 Å². The molecule has 0 bridgehead atoms. The molecule has 1 nitrogen and oxygen atoms in total. The quantitative estimate of drug-likeness (QED) is 0.669. The van der Waals surface area contributed by atoms with Crippen LogP contribution in [0.25, 0.3) is 0 Å². The zero-order valence-corrected chi connectivity index (χ0v) is 11.6. The molecule has 1 spiro atoms. The SMILES string of the molecule is Fc1cc(SC(F)(F)F)ccc1CC1CC2(CNC2)C1. The Balaban J connectivity index is 1.60. The molecular weight excluding hydrogens is 290 g/mol. The molecule has 0 radical (unpaired) electrons. The van der Waals surface area contributed by atoms with E-state index in [0.717, 1.165) is 32.0 Å². The highest BCUT2D eigenvalue weighted by Gasteiger charge is 2.48. The van der Waals surface area contributed by atoms with E-state index in [1.807, 2.05) is 0 Å². The van der Waals surface area contributed by atoms with Gasteiger partial charge in [0.05, 0.1) is 0 Å². The largest absolute Gasteiger partial charge is 0.446 e. The maximum Gasteiger partial charge on any atom is 0.446 e. The molecule has 0 amide bonds. The van der Waals surface area contributed by atoms with Gasteiger partial charge in [-0.1, -0.05) is 6.07 Å². The molecule has 1 aromatic carbocycles. The summed E-state index contributed by atoms with van der Waals surface area (Å²) in [7, 11) is 0. The first-order valence-corrected chi connectivity index (χ1v) is 7.42. The molecule has 1 aliphatic carbocycles. The van der Waals surface area contributed by atoms with Gasteiger partial charge in [0.25, 0.3) is 0 Å². The van der Waals surface area contributed by atoms with Crippen molar-refractivity contribution < 1.29 is 17.6 Å². The molecule has 2 aliphatic rings. The normalized spacial score (nSPS) is 21.6. The van der Waals surface area contributed by atoms with Crippen molar-refractivity contribution in [1.82, 2.24) is 5.32 Å². The first-order chi connectivity index (χ1) is 9.35. The predicted octanol–water partition coefficient (Wildman–Crippen LogP) is 3.98. The van der Waals surface area contributed by atoms with Crippen molar-refractivity contribution in [3.63, 3.8) is 0 Å². The maximum absolute atomic E-state index is 13.8. The fourth-order valence-corrected chi connectivity index (χ4v) is 3.84. The van der Waals surface area contributed by atoms with Gasteiger partial charge in [-0.2, -0.15) is 13.2 Å². The first kappa shape index (κ1) is 14.2. The summed E-state index contributed by atoms with van der Waals surface area (Å²) in [6, 6.07) is 3.84. The summed E-state index contributed by atoms with van der Waals surface area (Å²) >= 11 is -0.274. The Morgan fingerprint density at radius 1 is 1.25 bits per heavy atom. The lowest BCUT2D eigenvalue weighted by atomic mass is 9.57. The highest BCUT2D eigenvalue weighted by atomic mass is 32.2. The molecule has 2 fully saturated rings. The average molecular weight is 305 g/mol. The molecule has 1 saturated heterocycles. The maximum atomic E-state index is 13.8. The second-order valence-corrected chi connectivity index (χ2v) is 7.02. The molecule has 0 atom stereocenters. The van der Waals surface area contributed by atoms with Crippen molar-refractivity contribution in [3.05, 3.63) is 29.6 Å². The lowest BCUT2D eigenvalue weighted by Gasteiger charge is -2.54. The van der Waals surface area contributed by atoms with Gasteiger partial charge in [0.1, 0.15) is 5.82 Å². The fraction of sp³-hybridized carbons (Fsp3) is 0.571. The Hall–Kier alpha value is -0.750. The van der Waals surface area contributed by atoms with Crippen LogP contribution in [0, 0.1) is 17.2 Å². The van der Waals surface area contributed by atoms with Gasteiger partial charge in [-0.15, -0.1) is 0 Å². The van der Waals surface area contributed by atoms with Crippen LogP contribution in [0.5, 0.6) is 0 Å². The first-order valence-electron chi connectivity index (χ1n) is 6.60. The summed E-state index contributed by atoms with van der Waals surface area (Å²) in [6.07, 6.45) is 2.82.